The van der Waals surface area contributed by atoms with Crippen LogP contribution in [-0.2, 0) is 0 Å². The van der Waals surface area contributed by atoms with Gasteiger partial charge < -0.3 is 16.0 Å². The molecule has 0 aromatic carbocycles. The van der Waals surface area contributed by atoms with Gasteiger partial charge in [0, 0.05) is 19.6 Å². The smallest absolute Gasteiger partial charge is 0.267 e. The second-order valence-electron chi connectivity index (χ2n) is 6.16. The number of nitrogens with two attached hydrogens (primary N) is 1. The third kappa shape index (κ3) is 2.75. The van der Waals surface area contributed by atoms with E-state index in [0.717, 1.165) is 17.6 Å². The van der Waals surface area contributed by atoms with Gasteiger partial charge in [-0.1, -0.05) is 18.3 Å². The first-order chi connectivity index (χ1) is 9.54. The molecule has 1 aromatic heterocycles. The summed E-state index contributed by atoms with van der Waals surface area (Å²) >= 11 is 1.38. The lowest BCUT2D eigenvalue weighted by molar-refractivity contribution is 0.0792. The number of hydrogen-bond acceptors (Lipinski definition) is 5. The fourth-order valence-electron chi connectivity index (χ4n) is 2.54. The van der Waals surface area contributed by atoms with E-state index in [9.17, 15) is 4.79 Å². The quantitative estimate of drug-likeness (QED) is 0.875. The molecule has 3 N–H and O–H groups in total. The van der Waals surface area contributed by atoms with Crippen LogP contribution in [0.15, 0.2) is 0 Å². The summed E-state index contributed by atoms with van der Waals surface area (Å²) in [5.41, 5.74) is 5.90. The molecule has 2 atom stereocenters. The molecule has 2 unspecified atom stereocenters. The lowest BCUT2D eigenvalue weighted by atomic mass is 9.93. The molecule has 0 radical (unpaired) electrons. The van der Waals surface area contributed by atoms with Gasteiger partial charge in [0.1, 0.15) is 10.7 Å². The maximum absolute atomic E-state index is 12.4. The molecule has 6 heteroatoms. The highest BCUT2D eigenvalue weighted by Gasteiger charge is 2.35. The number of carbonyl (C=O) groups excluding carboxylic acids is 1. The number of nitrogens with one attached hydrogen (secondary N) is 1. The van der Waals surface area contributed by atoms with E-state index in [-0.39, 0.29) is 5.91 Å². The fourth-order valence-corrected chi connectivity index (χ4v) is 3.49. The summed E-state index contributed by atoms with van der Waals surface area (Å²) < 4.78 is 0. The van der Waals surface area contributed by atoms with Crippen LogP contribution in [0.2, 0.25) is 0 Å². The monoisotopic (exact) mass is 294 g/mol. The first-order valence-electron chi connectivity index (χ1n) is 7.33. The van der Waals surface area contributed by atoms with Crippen LogP contribution in [0, 0.1) is 11.8 Å². The third-order valence-electron chi connectivity index (χ3n) is 4.41. The van der Waals surface area contributed by atoms with Crippen LogP contribution in [0.3, 0.4) is 0 Å². The first kappa shape index (κ1) is 13.7. The van der Waals surface area contributed by atoms with Crippen molar-refractivity contribution in [3.05, 3.63) is 4.88 Å². The van der Waals surface area contributed by atoms with Crippen molar-refractivity contribution in [3.8, 4) is 0 Å². The summed E-state index contributed by atoms with van der Waals surface area (Å²) in [5.74, 6) is 1.77. The normalized spacial score (nSPS) is 25.1. The summed E-state index contributed by atoms with van der Waals surface area (Å²) in [6, 6.07) is 0.508. The lowest BCUT2D eigenvalue weighted by Crippen LogP contribution is -2.29. The standard InChI is InChI=1S/C14H22N4OS/c1-8-6-9(8)7-18(2)13(19)11-12(15)17-14(20-11)16-10-4-3-5-10/h8-10H,3-7,15H2,1-2H3,(H,16,17). The van der Waals surface area contributed by atoms with Crippen LogP contribution in [-0.4, -0.2) is 35.4 Å². The van der Waals surface area contributed by atoms with Crippen molar-refractivity contribution in [2.75, 3.05) is 24.6 Å². The van der Waals surface area contributed by atoms with Crippen LogP contribution in [0.4, 0.5) is 10.9 Å². The van der Waals surface area contributed by atoms with E-state index in [0.29, 0.717) is 22.7 Å². The fraction of sp³-hybridized carbons (Fsp3) is 0.714. The Labute approximate surface area is 123 Å². The number of aromatic nitrogens is 1. The third-order valence-corrected chi connectivity index (χ3v) is 5.40. The van der Waals surface area contributed by atoms with Gasteiger partial charge >= 0.3 is 0 Å². The molecule has 1 heterocycles. The molecule has 0 spiro atoms. The molecule has 0 bridgehead atoms. The summed E-state index contributed by atoms with van der Waals surface area (Å²) in [6.07, 6.45) is 4.86. The van der Waals surface area contributed by atoms with Crippen molar-refractivity contribution in [1.29, 1.82) is 0 Å². The van der Waals surface area contributed by atoms with Gasteiger partial charge in [0.05, 0.1) is 0 Å². The Hall–Kier alpha value is -1.30. The number of carbonyl (C=O) groups is 1. The number of nitrogen functional groups attached to an aromatic ring is 1. The van der Waals surface area contributed by atoms with E-state index in [1.807, 2.05) is 7.05 Å². The minimum absolute atomic E-state index is 0.000703. The second-order valence-corrected chi connectivity index (χ2v) is 7.16. The number of rotatable bonds is 5. The van der Waals surface area contributed by atoms with Crippen LogP contribution < -0.4 is 11.1 Å². The van der Waals surface area contributed by atoms with E-state index >= 15 is 0 Å². The van der Waals surface area contributed by atoms with Crippen LogP contribution in [0.1, 0.15) is 42.3 Å². The Morgan fingerprint density at radius 1 is 1.55 bits per heavy atom. The lowest BCUT2D eigenvalue weighted by Gasteiger charge is -2.25. The molecule has 2 fully saturated rings. The van der Waals surface area contributed by atoms with Gasteiger partial charge in [-0.05, 0) is 37.5 Å². The van der Waals surface area contributed by atoms with Gasteiger partial charge in [0.2, 0.25) is 0 Å². The largest absolute Gasteiger partial charge is 0.382 e. The molecular formula is C14H22N4OS. The molecule has 2 aliphatic rings. The summed E-state index contributed by atoms with van der Waals surface area (Å²) in [4.78, 5) is 19.0. The van der Waals surface area contributed by atoms with Crippen molar-refractivity contribution in [3.63, 3.8) is 0 Å². The minimum atomic E-state index is 0.000703. The van der Waals surface area contributed by atoms with E-state index in [2.05, 4.69) is 17.2 Å². The van der Waals surface area contributed by atoms with Crippen LogP contribution in [0.25, 0.3) is 0 Å². The molecule has 1 aromatic rings. The molecule has 2 saturated carbocycles. The molecule has 2 aliphatic carbocycles. The van der Waals surface area contributed by atoms with Crippen molar-refractivity contribution in [2.45, 2.75) is 38.6 Å². The molecule has 20 heavy (non-hydrogen) atoms. The Morgan fingerprint density at radius 3 is 2.80 bits per heavy atom. The number of hydrogen-bond donors (Lipinski definition) is 2. The van der Waals surface area contributed by atoms with Gasteiger partial charge in [0.25, 0.3) is 5.91 Å². The molecule has 0 saturated heterocycles. The highest BCUT2D eigenvalue weighted by atomic mass is 32.1. The SMILES string of the molecule is CC1CC1CN(C)C(=O)c1sc(NC2CCC2)nc1N. The van der Waals surface area contributed by atoms with Crippen molar-refractivity contribution >= 4 is 28.2 Å². The highest BCUT2D eigenvalue weighted by Crippen LogP contribution is 2.38. The average molecular weight is 294 g/mol. The van der Waals surface area contributed by atoms with E-state index in [1.54, 1.807) is 4.90 Å². The number of anilines is 2. The second kappa shape index (κ2) is 5.24. The van der Waals surface area contributed by atoms with Crippen molar-refractivity contribution in [1.82, 2.24) is 9.88 Å². The maximum Gasteiger partial charge on any atom is 0.267 e. The summed E-state index contributed by atoms with van der Waals surface area (Å²) in [6.45, 7) is 3.05. The first-order valence-corrected chi connectivity index (χ1v) is 8.14. The molecule has 110 valence electrons. The zero-order chi connectivity index (χ0) is 14.3. The number of thiazole rings is 1. The average Bonchev–Trinajstić information content (AvgIpc) is 2.91. The van der Waals surface area contributed by atoms with Gasteiger partial charge in [-0.2, -0.15) is 0 Å². The Morgan fingerprint density at radius 2 is 2.25 bits per heavy atom. The van der Waals surface area contributed by atoms with Gasteiger partial charge in [-0.15, -0.1) is 0 Å². The number of amides is 1. The van der Waals surface area contributed by atoms with Crippen LogP contribution >= 0.6 is 11.3 Å². The van der Waals surface area contributed by atoms with Crippen molar-refractivity contribution in [2.24, 2.45) is 11.8 Å². The molecular weight excluding hydrogens is 272 g/mol. The highest BCUT2D eigenvalue weighted by molar-refractivity contribution is 7.18. The number of nitrogens with zero attached hydrogens (tertiary/aromatic N) is 2. The minimum Gasteiger partial charge on any atom is -0.382 e. The van der Waals surface area contributed by atoms with E-state index in [1.165, 1.54) is 37.0 Å². The summed E-state index contributed by atoms with van der Waals surface area (Å²) in [7, 11) is 1.85. The van der Waals surface area contributed by atoms with E-state index in [4.69, 9.17) is 5.73 Å². The van der Waals surface area contributed by atoms with Gasteiger partial charge in [0.15, 0.2) is 5.13 Å². The van der Waals surface area contributed by atoms with Gasteiger partial charge in [-0.3, -0.25) is 4.79 Å². The Bertz CT molecular complexity index is 511. The molecule has 5 nitrogen and oxygen atoms in total. The van der Waals surface area contributed by atoms with Crippen LogP contribution in [0.5, 0.6) is 0 Å². The topological polar surface area (TPSA) is 71.2 Å². The van der Waals surface area contributed by atoms with E-state index < -0.39 is 0 Å². The zero-order valence-electron chi connectivity index (χ0n) is 12.1. The van der Waals surface area contributed by atoms with Crippen molar-refractivity contribution < 1.29 is 4.79 Å². The van der Waals surface area contributed by atoms with Gasteiger partial charge in [-0.25, -0.2) is 4.98 Å². The Balaban J connectivity index is 1.63. The predicted molar refractivity (Wildman–Crippen MR) is 82.0 cm³/mol. The zero-order valence-corrected chi connectivity index (χ0v) is 12.9. The predicted octanol–water partition coefficient (Wildman–Crippen LogP) is 2.42. The molecule has 3 rings (SSSR count). The molecule has 1 amide bonds. The maximum atomic E-state index is 12.4. The Kier molecular flexibility index (Phi) is 3.58. The molecule has 0 aliphatic heterocycles. The summed E-state index contributed by atoms with van der Waals surface area (Å²) in [5, 5.41) is 4.13.